The van der Waals surface area contributed by atoms with Crippen LogP contribution in [0.15, 0.2) is 42.5 Å². The Morgan fingerprint density at radius 3 is 2.25 bits per heavy atom. The first kappa shape index (κ1) is 17.7. The van der Waals surface area contributed by atoms with E-state index in [9.17, 15) is 9.59 Å². The molecule has 0 spiro atoms. The van der Waals surface area contributed by atoms with E-state index in [-0.39, 0.29) is 5.91 Å². The molecule has 1 amide bonds. The average molecular weight is 325 g/mol. The van der Waals surface area contributed by atoms with Crippen LogP contribution in [0.2, 0.25) is 0 Å². The fourth-order valence-electron chi connectivity index (χ4n) is 2.76. The molecule has 0 heterocycles. The molecule has 0 aliphatic heterocycles. The number of ether oxygens (including phenoxy) is 1. The zero-order chi connectivity index (χ0) is 17.7. The van der Waals surface area contributed by atoms with Crippen LogP contribution in [0.4, 0.5) is 0 Å². The van der Waals surface area contributed by atoms with Crippen LogP contribution in [0, 0.1) is 20.8 Å². The summed E-state index contributed by atoms with van der Waals surface area (Å²) in [6.45, 7) is 5.87. The van der Waals surface area contributed by atoms with Crippen LogP contribution in [-0.2, 0) is 16.0 Å². The zero-order valence-corrected chi connectivity index (χ0v) is 14.6. The highest BCUT2D eigenvalue weighted by molar-refractivity contribution is 5.97. The van der Waals surface area contributed by atoms with Gasteiger partial charge >= 0.3 is 5.97 Å². The lowest BCUT2D eigenvalue weighted by Crippen LogP contribution is -2.43. The summed E-state index contributed by atoms with van der Waals surface area (Å²) in [5.74, 6) is -0.723. The van der Waals surface area contributed by atoms with Crippen molar-refractivity contribution in [3.05, 3.63) is 70.3 Å². The molecule has 24 heavy (non-hydrogen) atoms. The summed E-state index contributed by atoms with van der Waals surface area (Å²) in [4.78, 5) is 24.6. The first-order valence-electron chi connectivity index (χ1n) is 7.91. The van der Waals surface area contributed by atoms with E-state index in [0.717, 1.165) is 22.3 Å². The largest absolute Gasteiger partial charge is 0.467 e. The van der Waals surface area contributed by atoms with Crippen molar-refractivity contribution in [3.8, 4) is 0 Å². The van der Waals surface area contributed by atoms with Crippen molar-refractivity contribution in [1.29, 1.82) is 0 Å². The lowest BCUT2D eigenvalue weighted by molar-refractivity contribution is -0.142. The van der Waals surface area contributed by atoms with Gasteiger partial charge in [0.25, 0.3) is 5.91 Å². The van der Waals surface area contributed by atoms with Gasteiger partial charge in [0, 0.05) is 12.0 Å². The Kier molecular flexibility index (Phi) is 5.74. The lowest BCUT2D eigenvalue weighted by atomic mass is 10.0. The van der Waals surface area contributed by atoms with Gasteiger partial charge in [-0.15, -0.1) is 0 Å². The number of amides is 1. The standard InChI is InChI=1S/C20H23NO3/c1-13-6-5-7-16(9-13)12-18(20(23)24-4)21-19(22)17-10-14(2)8-15(3)11-17/h5-11,18H,12H2,1-4H3,(H,21,22)/t18-/m0/s1. The number of esters is 1. The van der Waals surface area contributed by atoms with Crippen LogP contribution >= 0.6 is 0 Å². The molecule has 4 heteroatoms. The Hall–Kier alpha value is -2.62. The van der Waals surface area contributed by atoms with E-state index in [1.807, 2.05) is 63.2 Å². The van der Waals surface area contributed by atoms with Gasteiger partial charge in [-0.3, -0.25) is 4.79 Å². The molecule has 2 aromatic rings. The van der Waals surface area contributed by atoms with E-state index in [1.54, 1.807) is 0 Å². The number of nitrogens with one attached hydrogen (secondary N) is 1. The summed E-state index contributed by atoms with van der Waals surface area (Å²) in [6.07, 6.45) is 0.394. The van der Waals surface area contributed by atoms with E-state index in [1.165, 1.54) is 7.11 Å². The van der Waals surface area contributed by atoms with Crippen molar-refractivity contribution in [2.24, 2.45) is 0 Å². The Bertz CT molecular complexity index is 732. The zero-order valence-electron chi connectivity index (χ0n) is 14.6. The Morgan fingerprint density at radius 1 is 1.00 bits per heavy atom. The summed E-state index contributed by atoms with van der Waals surface area (Å²) in [5, 5.41) is 2.79. The quantitative estimate of drug-likeness (QED) is 0.859. The third-order valence-corrected chi connectivity index (χ3v) is 3.80. The van der Waals surface area contributed by atoms with Crippen molar-refractivity contribution >= 4 is 11.9 Å². The van der Waals surface area contributed by atoms with Gasteiger partial charge in [-0.25, -0.2) is 4.79 Å². The molecule has 1 N–H and O–H groups in total. The molecule has 0 fully saturated rings. The molecular formula is C20H23NO3. The van der Waals surface area contributed by atoms with Crippen molar-refractivity contribution in [3.63, 3.8) is 0 Å². The monoisotopic (exact) mass is 325 g/mol. The van der Waals surface area contributed by atoms with Crippen molar-refractivity contribution < 1.29 is 14.3 Å². The van der Waals surface area contributed by atoms with Crippen LogP contribution in [0.3, 0.4) is 0 Å². The van der Waals surface area contributed by atoms with E-state index in [2.05, 4.69) is 5.32 Å². The molecule has 2 rings (SSSR count). The molecule has 0 unspecified atom stereocenters. The summed E-state index contributed by atoms with van der Waals surface area (Å²) < 4.78 is 4.85. The number of carbonyl (C=O) groups is 2. The number of benzene rings is 2. The second kappa shape index (κ2) is 7.77. The highest BCUT2D eigenvalue weighted by Gasteiger charge is 2.22. The van der Waals surface area contributed by atoms with E-state index in [4.69, 9.17) is 4.74 Å². The van der Waals surface area contributed by atoms with Crippen LogP contribution < -0.4 is 5.32 Å². The summed E-state index contributed by atoms with van der Waals surface area (Å²) in [6, 6.07) is 12.8. The van der Waals surface area contributed by atoms with E-state index in [0.29, 0.717) is 12.0 Å². The van der Waals surface area contributed by atoms with Crippen molar-refractivity contribution in [2.45, 2.75) is 33.2 Å². The van der Waals surface area contributed by atoms with Crippen LogP contribution in [0.25, 0.3) is 0 Å². The fourth-order valence-corrected chi connectivity index (χ4v) is 2.76. The summed E-state index contributed by atoms with van der Waals surface area (Å²) in [7, 11) is 1.33. The summed E-state index contributed by atoms with van der Waals surface area (Å²) >= 11 is 0. The Labute approximate surface area is 142 Å². The van der Waals surface area contributed by atoms with Gasteiger partial charge in [-0.05, 0) is 38.5 Å². The predicted molar refractivity (Wildman–Crippen MR) is 94.1 cm³/mol. The van der Waals surface area contributed by atoms with E-state index < -0.39 is 12.0 Å². The minimum Gasteiger partial charge on any atom is -0.467 e. The smallest absolute Gasteiger partial charge is 0.328 e. The molecule has 126 valence electrons. The normalized spacial score (nSPS) is 11.7. The van der Waals surface area contributed by atoms with Crippen LogP contribution in [-0.4, -0.2) is 25.0 Å². The molecule has 0 aliphatic carbocycles. The molecule has 4 nitrogen and oxygen atoms in total. The third kappa shape index (κ3) is 4.69. The van der Waals surface area contributed by atoms with E-state index >= 15 is 0 Å². The van der Waals surface area contributed by atoms with Gasteiger partial charge in [-0.2, -0.15) is 0 Å². The highest BCUT2D eigenvalue weighted by atomic mass is 16.5. The van der Waals surface area contributed by atoms with Crippen molar-refractivity contribution in [2.75, 3.05) is 7.11 Å². The number of rotatable bonds is 5. The Balaban J connectivity index is 2.19. The van der Waals surface area contributed by atoms with Gasteiger partial charge in [0.2, 0.25) is 0 Å². The Morgan fingerprint density at radius 2 is 1.67 bits per heavy atom. The predicted octanol–water partition coefficient (Wildman–Crippen LogP) is 3.13. The number of methoxy groups -OCH3 is 1. The average Bonchev–Trinajstić information content (AvgIpc) is 2.52. The molecule has 0 saturated heterocycles. The molecular weight excluding hydrogens is 302 g/mol. The minimum atomic E-state index is -0.717. The topological polar surface area (TPSA) is 55.4 Å². The maximum atomic E-state index is 12.5. The van der Waals surface area contributed by atoms with Crippen LogP contribution in [0.1, 0.15) is 32.6 Å². The molecule has 0 aromatic heterocycles. The number of hydrogen-bond donors (Lipinski definition) is 1. The number of aryl methyl sites for hydroxylation is 3. The van der Waals surface area contributed by atoms with Gasteiger partial charge in [-0.1, -0.05) is 47.0 Å². The fraction of sp³-hybridized carbons (Fsp3) is 0.300. The van der Waals surface area contributed by atoms with Crippen molar-refractivity contribution in [1.82, 2.24) is 5.32 Å². The second-order valence-electron chi connectivity index (χ2n) is 6.12. The lowest BCUT2D eigenvalue weighted by Gasteiger charge is -2.17. The second-order valence-corrected chi connectivity index (χ2v) is 6.12. The molecule has 0 radical (unpaired) electrons. The van der Waals surface area contributed by atoms with Gasteiger partial charge in [0.15, 0.2) is 0 Å². The molecule has 0 aliphatic rings. The first-order valence-corrected chi connectivity index (χ1v) is 7.91. The third-order valence-electron chi connectivity index (χ3n) is 3.80. The highest BCUT2D eigenvalue weighted by Crippen LogP contribution is 2.11. The maximum Gasteiger partial charge on any atom is 0.328 e. The van der Waals surface area contributed by atoms with Crippen LogP contribution in [0.5, 0.6) is 0 Å². The van der Waals surface area contributed by atoms with Gasteiger partial charge in [0.05, 0.1) is 7.11 Å². The number of carbonyl (C=O) groups excluding carboxylic acids is 2. The minimum absolute atomic E-state index is 0.273. The SMILES string of the molecule is COC(=O)[C@H](Cc1cccc(C)c1)NC(=O)c1cc(C)cc(C)c1. The van der Waals surface area contributed by atoms with Gasteiger partial charge in [0.1, 0.15) is 6.04 Å². The molecule has 2 aromatic carbocycles. The maximum absolute atomic E-state index is 12.5. The number of hydrogen-bond acceptors (Lipinski definition) is 3. The first-order chi connectivity index (χ1) is 11.4. The van der Waals surface area contributed by atoms with Gasteiger partial charge < -0.3 is 10.1 Å². The molecule has 0 bridgehead atoms. The molecule has 1 atom stereocenters. The summed E-state index contributed by atoms with van der Waals surface area (Å²) in [5.41, 5.74) is 4.65. The molecule has 0 saturated carbocycles.